The minimum absolute atomic E-state index is 0.0103. The second-order valence-corrected chi connectivity index (χ2v) is 7.31. The molecule has 0 saturated heterocycles. The number of nitrogens with two attached hydrogens (primary N) is 1. The molecule has 0 saturated carbocycles. The molecule has 1 amide bonds. The van der Waals surface area contributed by atoms with E-state index in [1.165, 1.54) is 5.56 Å². The summed E-state index contributed by atoms with van der Waals surface area (Å²) in [7, 11) is 0. The van der Waals surface area contributed by atoms with E-state index in [1.807, 2.05) is 30.3 Å². The van der Waals surface area contributed by atoms with Crippen molar-refractivity contribution in [2.24, 2.45) is 0 Å². The van der Waals surface area contributed by atoms with Crippen molar-refractivity contribution in [3.63, 3.8) is 0 Å². The maximum absolute atomic E-state index is 11.9. The molecule has 0 radical (unpaired) electrons. The van der Waals surface area contributed by atoms with Gasteiger partial charge in [-0.05, 0) is 46.6 Å². The molecule has 3 rings (SSSR count). The number of halogens is 1. The molecule has 3 aromatic rings. The van der Waals surface area contributed by atoms with Gasteiger partial charge in [0, 0.05) is 29.7 Å². The minimum atomic E-state index is -0.421. The Morgan fingerprint density at radius 3 is 2.76 bits per heavy atom. The summed E-state index contributed by atoms with van der Waals surface area (Å²) >= 11 is 3.50. The molecule has 8 nitrogen and oxygen atoms in total. The number of benzene rings is 2. The smallest absolute Gasteiger partial charge is 0.277 e. The molecule has 4 N–H and O–H groups in total. The van der Waals surface area contributed by atoms with Gasteiger partial charge in [-0.25, -0.2) is 4.63 Å². The number of nitrogens with zero attached hydrogens (tertiary/aromatic N) is 2. The van der Waals surface area contributed by atoms with Crippen LogP contribution in [-0.2, 0) is 13.2 Å². The summed E-state index contributed by atoms with van der Waals surface area (Å²) in [5.74, 6) is 0.365. The van der Waals surface area contributed by atoms with Crippen LogP contribution in [0.5, 0.6) is 5.75 Å². The topological polar surface area (TPSA) is 115 Å². The van der Waals surface area contributed by atoms with E-state index in [4.69, 9.17) is 10.5 Å². The number of anilines is 1. The quantitative estimate of drug-likeness (QED) is 0.421. The number of nitrogen functional groups attached to an aromatic ring is 1. The Morgan fingerprint density at radius 1 is 1.17 bits per heavy atom. The number of ether oxygens (including phenoxy) is 1. The van der Waals surface area contributed by atoms with Crippen molar-refractivity contribution in [1.29, 1.82) is 0 Å². The molecule has 9 heteroatoms. The monoisotopic (exact) mass is 459 g/mol. The standard InChI is InChI=1S/C20H22BrN5O3/c1-13-4-2-3-5-14(13)12-28-17-7-6-16(21)10-15(17)11-23-8-9-24-20(27)18-19(22)26-29-25-18/h2-7,10,23H,8-9,11-12H2,1H3,(H2,22,26)(H,24,27). The first kappa shape index (κ1) is 20.8. The SMILES string of the molecule is Cc1ccccc1COc1ccc(Br)cc1CNCCNC(=O)c1nonc1N. The number of rotatable bonds is 9. The average Bonchev–Trinajstić information content (AvgIpc) is 3.14. The number of amides is 1. The lowest BCUT2D eigenvalue weighted by molar-refractivity contribution is 0.0944. The highest BCUT2D eigenvalue weighted by atomic mass is 79.9. The Morgan fingerprint density at radius 2 is 2.00 bits per heavy atom. The van der Waals surface area contributed by atoms with Gasteiger partial charge in [-0.1, -0.05) is 40.2 Å². The predicted molar refractivity (Wildman–Crippen MR) is 112 cm³/mol. The Kier molecular flexibility index (Phi) is 7.20. The summed E-state index contributed by atoms with van der Waals surface area (Å²) in [5, 5.41) is 12.8. The number of hydrogen-bond acceptors (Lipinski definition) is 7. The number of nitrogens with one attached hydrogen (secondary N) is 2. The average molecular weight is 460 g/mol. The maximum Gasteiger partial charge on any atom is 0.277 e. The molecule has 0 spiro atoms. The van der Waals surface area contributed by atoms with Crippen LogP contribution in [0.3, 0.4) is 0 Å². The van der Waals surface area contributed by atoms with Crippen LogP contribution in [0, 0.1) is 6.92 Å². The van der Waals surface area contributed by atoms with Crippen LogP contribution in [0.25, 0.3) is 0 Å². The number of hydrogen-bond donors (Lipinski definition) is 3. The zero-order valence-corrected chi connectivity index (χ0v) is 17.5. The summed E-state index contributed by atoms with van der Waals surface area (Å²) in [6, 6.07) is 14.1. The zero-order chi connectivity index (χ0) is 20.6. The highest BCUT2D eigenvalue weighted by Gasteiger charge is 2.15. The van der Waals surface area contributed by atoms with Crippen LogP contribution in [0.15, 0.2) is 51.6 Å². The molecule has 2 aromatic carbocycles. The van der Waals surface area contributed by atoms with Gasteiger partial charge in [0.2, 0.25) is 11.5 Å². The van der Waals surface area contributed by atoms with E-state index in [0.717, 1.165) is 21.3 Å². The van der Waals surface area contributed by atoms with E-state index in [1.54, 1.807) is 0 Å². The maximum atomic E-state index is 11.9. The van der Waals surface area contributed by atoms with Gasteiger partial charge in [-0.3, -0.25) is 4.79 Å². The lowest BCUT2D eigenvalue weighted by atomic mass is 10.1. The number of aryl methyl sites for hydroxylation is 1. The fraction of sp³-hybridized carbons (Fsp3) is 0.250. The molecule has 0 atom stereocenters. The lowest BCUT2D eigenvalue weighted by Crippen LogP contribution is -2.32. The molecule has 1 aromatic heterocycles. The van der Waals surface area contributed by atoms with Gasteiger partial charge in [0.05, 0.1) is 0 Å². The second kappa shape index (κ2) is 10.0. The molecule has 0 aliphatic rings. The first-order valence-corrected chi connectivity index (χ1v) is 9.86. The summed E-state index contributed by atoms with van der Waals surface area (Å²) in [4.78, 5) is 11.9. The largest absolute Gasteiger partial charge is 0.489 e. The Balaban J connectivity index is 1.50. The Bertz CT molecular complexity index is 976. The first-order chi connectivity index (χ1) is 14.0. The van der Waals surface area contributed by atoms with Crippen molar-refractivity contribution in [2.75, 3.05) is 18.8 Å². The van der Waals surface area contributed by atoms with E-state index in [9.17, 15) is 4.79 Å². The van der Waals surface area contributed by atoms with Crippen molar-refractivity contribution >= 4 is 27.7 Å². The van der Waals surface area contributed by atoms with Crippen molar-refractivity contribution in [3.05, 3.63) is 69.3 Å². The van der Waals surface area contributed by atoms with E-state index in [2.05, 4.69) is 60.6 Å². The van der Waals surface area contributed by atoms with Crippen LogP contribution in [0.1, 0.15) is 27.2 Å². The van der Waals surface area contributed by atoms with Gasteiger partial charge >= 0.3 is 0 Å². The van der Waals surface area contributed by atoms with E-state index in [-0.39, 0.29) is 11.5 Å². The third kappa shape index (κ3) is 5.78. The fourth-order valence-electron chi connectivity index (χ4n) is 2.68. The molecule has 0 fully saturated rings. The molecule has 0 bridgehead atoms. The predicted octanol–water partition coefficient (Wildman–Crippen LogP) is 2.82. The lowest BCUT2D eigenvalue weighted by Gasteiger charge is -2.14. The highest BCUT2D eigenvalue weighted by Crippen LogP contribution is 2.24. The van der Waals surface area contributed by atoms with Gasteiger partial charge in [-0.15, -0.1) is 0 Å². The highest BCUT2D eigenvalue weighted by molar-refractivity contribution is 9.10. The van der Waals surface area contributed by atoms with Gasteiger partial charge < -0.3 is 21.1 Å². The number of aromatic nitrogens is 2. The first-order valence-electron chi connectivity index (χ1n) is 9.07. The summed E-state index contributed by atoms with van der Waals surface area (Å²) in [5.41, 5.74) is 8.85. The molecule has 0 aliphatic carbocycles. The normalized spacial score (nSPS) is 10.7. The van der Waals surface area contributed by atoms with Crippen LogP contribution in [0.4, 0.5) is 5.82 Å². The molecular weight excluding hydrogens is 438 g/mol. The molecule has 29 heavy (non-hydrogen) atoms. The molecule has 1 heterocycles. The van der Waals surface area contributed by atoms with Crippen LogP contribution >= 0.6 is 15.9 Å². The Hall–Kier alpha value is -2.91. The number of carbonyl (C=O) groups excluding carboxylic acids is 1. The third-order valence-electron chi connectivity index (χ3n) is 4.30. The van der Waals surface area contributed by atoms with E-state index in [0.29, 0.717) is 26.2 Å². The molecule has 152 valence electrons. The fourth-order valence-corrected chi connectivity index (χ4v) is 3.09. The van der Waals surface area contributed by atoms with Crippen molar-refractivity contribution < 1.29 is 14.2 Å². The van der Waals surface area contributed by atoms with Crippen LogP contribution < -0.4 is 21.1 Å². The third-order valence-corrected chi connectivity index (χ3v) is 4.79. The van der Waals surface area contributed by atoms with Gasteiger partial charge in [0.1, 0.15) is 12.4 Å². The second-order valence-electron chi connectivity index (χ2n) is 6.40. The molecular formula is C20H22BrN5O3. The number of carbonyl (C=O) groups is 1. The van der Waals surface area contributed by atoms with Gasteiger partial charge in [0.15, 0.2) is 0 Å². The van der Waals surface area contributed by atoms with Crippen LogP contribution in [0.2, 0.25) is 0 Å². The summed E-state index contributed by atoms with van der Waals surface area (Å²) < 4.78 is 11.4. The van der Waals surface area contributed by atoms with Crippen molar-refractivity contribution in [2.45, 2.75) is 20.1 Å². The summed E-state index contributed by atoms with van der Waals surface area (Å²) in [6.07, 6.45) is 0. The van der Waals surface area contributed by atoms with E-state index >= 15 is 0 Å². The van der Waals surface area contributed by atoms with E-state index < -0.39 is 5.91 Å². The van der Waals surface area contributed by atoms with Crippen molar-refractivity contribution in [3.8, 4) is 5.75 Å². The Labute approximate surface area is 176 Å². The summed E-state index contributed by atoms with van der Waals surface area (Å²) in [6.45, 7) is 4.12. The zero-order valence-electron chi connectivity index (χ0n) is 15.9. The van der Waals surface area contributed by atoms with Crippen LogP contribution in [-0.4, -0.2) is 29.3 Å². The van der Waals surface area contributed by atoms with Crippen molar-refractivity contribution in [1.82, 2.24) is 20.9 Å². The molecule has 0 unspecified atom stereocenters. The van der Waals surface area contributed by atoms with Gasteiger partial charge in [-0.2, -0.15) is 0 Å². The van der Waals surface area contributed by atoms with Gasteiger partial charge in [0.25, 0.3) is 5.91 Å². The minimum Gasteiger partial charge on any atom is -0.489 e. The molecule has 0 aliphatic heterocycles.